The molecule has 0 spiro atoms. The highest BCUT2D eigenvalue weighted by atomic mass is 35.5. The van der Waals surface area contributed by atoms with Crippen molar-refractivity contribution < 1.29 is 9.53 Å². The van der Waals surface area contributed by atoms with Crippen molar-refractivity contribution in [2.45, 2.75) is 4.90 Å². The van der Waals surface area contributed by atoms with Crippen LogP contribution in [0.1, 0.15) is 11.1 Å². The molecule has 0 bridgehead atoms. The molecule has 3 nitrogen and oxygen atoms in total. The molecule has 0 amide bonds. The molecule has 0 saturated heterocycles. The van der Waals surface area contributed by atoms with Gasteiger partial charge in [-0.2, -0.15) is 0 Å². The third kappa shape index (κ3) is 3.44. The van der Waals surface area contributed by atoms with E-state index in [1.807, 2.05) is 30.5 Å². The van der Waals surface area contributed by atoms with Gasteiger partial charge < -0.3 is 4.74 Å². The zero-order valence-electron chi connectivity index (χ0n) is 12.0. The summed E-state index contributed by atoms with van der Waals surface area (Å²) in [7, 11) is 0. The van der Waals surface area contributed by atoms with Crippen LogP contribution < -0.4 is 0 Å². The molecule has 1 aliphatic rings. The first-order valence-electron chi connectivity index (χ1n) is 6.69. The number of benzene rings is 2. The molecular formula is C17H11Cl2NO2S. The molecule has 23 heavy (non-hydrogen) atoms. The number of aliphatic imine (C=N–C) groups is 1. The molecule has 0 aromatic heterocycles. The summed E-state index contributed by atoms with van der Waals surface area (Å²) in [6, 6.07) is 12.9. The van der Waals surface area contributed by atoms with Crippen LogP contribution in [0.4, 0.5) is 0 Å². The average molecular weight is 364 g/mol. The van der Waals surface area contributed by atoms with E-state index in [1.54, 1.807) is 36.0 Å². The van der Waals surface area contributed by atoms with Gasteiger partial charge in [0.05, 0.1) is 15.6 Å². The number of halogens is 2. The fourth-order valence-electron chi connectivity index (χ4n) is 2.05. The lowest BCUT2D eigenvalue weighted by molar-refractivity contribution is -0.129. The molecule has 1 heterocycles. The van der Waals surface area contributed by atoms with Gasteiger partial charge in [0.1, 0.15) is 0 Å². The van der Waals surface area contributed by atoms with E-state index in [2.05, 4.69) is 4.99 Å². The maximum atomic E-state index is 12.0. The molecule has 2 aromatic rings. The van der Waals surface area contributed by atoms with Crippen LogP contribution >= 0.6 is 35.0 Å². The molecule has 0 N–H and O–H groups in total. The molecule has 116 valence electrons. The summed E-state index contributed by atoms with van der Waals surface area (Å²) in [5, 5.41) is 0.694. The van der Waals surface area contributed by atoms with E-state index >= 15 is 0 Å². The Morgan fingerprint density at radius 2 is 1.87 bits per heavy atom. The quantitative estimate of drug-likeness (QED) is 0.434. The Morgan fingerprint density at radius 1 is 1.13 bits per heavy atom. The number of ether oxygens (including phenoxy) is 1. The third-order valence-electron chi connectivity index (χ3n) is 3.22. The van der Waals surface area contributed by atoms with Crippen LogP contribution in [0, 0.1) is 0 Å². The lowest BCUT2D eigenvalue weighted by atomic mass is 10.2. The molecule has 6 heteroatoms. The lowest BCUT2D eigenvalue weighted by Gasteiger charge is -2.03. The largest absolute Gasteiger partial charge is 0.402 e. The summed E-state index contributed by atoms with van der Waals surface area (Å²) in [6.07, 6.45) is 3.69. The van der Waals surface area contributed by atoms with E-state index in [4.69, 9.17) is 27.9 Å². The second-order valence-corrected chi connectivity index (χ2v) is 6.38. The smallest absolute Gasteiger partial charge is 0.363 e. The Morgan fingerprint density at radius 3 is 2.57 bits per heavy atom. The highest BCUT2D eigenvalue weighted by Crippen LogP contribution is 2.29. The molecule has 0 saturated carbocycles. The fraction of sp³-hybridized carbons (Fsp3) is 0.0588. The van der Waals surface area contributed by atoms with Gasteiger partial charge in [-0.1, -0.05) is 41.4 Å². The number of carbonyl (C=O) groups is 1. The number of hydrogen-bond acceptors (Lipinski definition) is 4. The van der Waals surface area contributed by atoms with Crippen molar-refractivity contribution in [3.8, 4) is 0 Å². The van der Waals surface area contributed by atoms with Gasteiger partial charge in [0.25, 0.3) is 0 Å². The first-order chi connectivity index (χ1) is 11.1. The zero-order valence-corrected chi connectivity index (χ0v) is 14.4. The summed E-state index contributed by atoms with van der Waals surface area (Å²) in [5.74, 6) is -0.348. The number of esters is 1. The monoisotopic (exact) mass is 363 g/mol. The minimum Gasteiger partial charge on any atom is -0.402 e. The summed E-state index contributed by atoms with van der Waals surface area (Å²) in [5.41, 5.74) is 1.60. The van der Waals surface area contributed by atoms with E-state index in [0.717, 1.165) is 10.5 Å². The van der Waals surface area contributed by atoms with Crippen LogP contribution in [-0.2, 0) is 9.53 Å². The lowest BCUT2D eigenvalue weighted by Crippen LogP contribution is -2.06. The predicted molar refractivity (Wildman–Crippen MR) is 95.3 cm³/mol. The molecule has 3 rings (SSSR count). The number of cyclic esters (lactones) is 1. The summed E-state index contributed by atoms with van der Waals surface area (Å²) in [4.78, 5) is 17.4. The van der Waals surface area contributed by atoms with Crippen molar-refractivity contribution in [3.63, 3.8) is 0 Å². The standard InChI is InChI=1S/C17H11Cl2NO2S/c1-23-11-7-5-10(6-8-11)9-14-17(21)22-16(20-14)12-3-2-4-13(18)15(12)19/h2-9H,1H3/b14-9+. The van der Waals surface area contributed by atoms with Gasteiger partial charge in [0.2, 0.25) is 5.90 Å². The SMILES string of the molecule is CSc1ccc(/C=C2/N=C(c3cccc(Cl)c3Cl)OC2=O)cc1. The van der Waals surface area contributed by atoms with E-state index in [9.17, 15) is 4.79 Å². The van der Waals surface area contributed by atoms with Crippen LogP contribution in [0.5, 0.6) is 0 Å². The number of rotatable bonds is 3. The van der Waals surface area contributed by atoms with Crippen LogP contribution in [0.3, 0.4) is 0 Å². The van der Waals surface area contributed by atoms with Crippen molar-refractivity contribution >= 4 is 52.9 Å². The topological polar surface area (TPSA) is 38.7 Å². The Kier molecular flexibility index (Phi) is 4.76. The molecular weight excluding hydrogens is 353 g/mol. The van der Waals surface area contributed by atoms with Gasteiger partial charge in [-0.25, -0.2) is 9.79 Å². The van der Waals surface area contributed by atoms with Gasteiger partial charge >= 0.3 is 5.97 Å². The Bertz CT molecular complexity index is 829. The van der Waals surface area contributed by atoms with E-state index in [1.165, 1.54) is 0 Å². The van der Waals surface area contributed by atoms with Gasteiger partial charge in [0.15, 0.2) is 5.70 Å². The minimum absolute atomic E-state index is 0.162. The van der Waals surface area contributed by atoms with Crippen molar-refractivity contribution in [3.05, 3.63) is 69.3 Å². The highest BCUT2D eigenvalue weighted by Gasteiger charge is 2.26. The first-order valence-corrected chi connectivity index (χ1v) is 8.67. The Labute approximate surface area is 148 Å². The maximum absolute atomic E-state index is 12.0. The second-order valence-electron chi connectivity index (χ2n) is 4.71. The number of hydrogen-bond donors (Lipinski definition) is 0. The van der Waals surface area contributed by atoms with E-state index in [-0.39, 0.29) is 11.6 Å². The zero-order chi connectivity index (χ0) is 16.4. The Balaban J connectivity index is 1.94. The van der Waals surface area contributed by atoms with Gasteiger partial charge in [-0.15, -0.1) is 11.8 Å². The molecule has 2 aromatic carbocycles. The number of nitrogens with zero attached hydrogens (tertiary/aromatic N) is 1. The average Bonchev–Trinajstić information content (AvgIpc) is 2.91. The molecule has 0 atom stereocenters. The predicted octanol–water partition coefficient (Wildman–Crippen LogP) is 5.06. The van der Waals surface area contributed by atoms with Crippen molar-refractivity contribution in [2.24, 2.45) is 4.99 Å². The molecule has 0 aliphatic carbocycles. The van der Waals surface area contributed by atoms with Crippen molar-refractivity contribution in [1.29, 1.82) is 0 Å². The summed E-state index contributed by atoms with van der Waals surface area (Å²) >= 11 is 13.8. The van der Waals surface area contributed by atoms with Gasteiger partial charge in [-0.05, 0) is 42.2 Å². The third-order valence-corrected chi connectivity index (χ3v) is 4.78. The van der Waals surface area contributed by atoms with E-state index in [0.29, 0.717) is 15.6 Å². The molecule has 0 radical (unpaired) electrons. The maximum Gasteiger partial charge on any atom is 0.363 e. The first kappa shape index (κ1) is 16.1. The van der Waals surface area contributed by atoms with Crippen LogP contribution in [0.2, 0.25) is 10.0 Å². The van der Waals surface area contributed by atoms with Crippen molar-refractivity contribution in [2.75, 3.05) is 6.26 Å². The van der Waals surface area contributed by atoms with Crippen molar-refractivity contribution in [1.82, 2.24) is 0 Å². The number of carbonyl (C=O) groups excluding carboxylic acids is 1. The van der Waals surface area contributed by atoms with Crippen LogP contribution in [-0.4, -0.2) is 18.1 Å². The van der Waals surface area contributed by atoms with Gasteiger partial charge in [0, 0.05) is 4.90 Å². The summed E-state index contributed by atoms with van der Waals surface area (Å²) in [6.45, 7) is 0. The van der Waals surface area contributed by atoms with Crippen LogP contribution in [0.15, 0.2) is 58.0 Å². The van der Waals surface area contributed by atoms with Crippen LogP contribution in [0.25, 0.3) is 6.08 Å². The van der Waals surface area contributed by atoms with E-state index < -0.39 is 5.97 Å². The normalized spacial score (nSPS) is 15.7. The second kappa shape index (κ2) is 6.79. The molecule has 0 unspecified atom stereocenters. The Hall–Kier alpha value is -1.75. The fourth-order valence-corrected chi connectivity index (χ4v) is 2.84. The minimum atomic E-state index is -0.509. The van der Waals surface area contributed by atoms with Gasteiger partial charge in [-0.3, -0.25) is 0 Å². The molecule has 0 fully saturated rings. The number of thioether (sulfide) groups is 1. The summed E-state index contributed by atoms with van der Waals surface area (Å²) < 4.78 is 5.21. The molecule has 1 aliphatic heterocycles. The highest BCUT2D eigenvalue weighted by molar-refractivity contribution is 7.98.